The second-order valence-corrected chi connectivity index (χ2v) is 8.37. The molecule has 2 amide bonds. The highest BCUT2D eigenvalue weighted by molar-refractivity contribution is 6.42. The van der Waals surface area contributed by atoms with Gasteiger partial charge in [0.15, 0.2) is 5.76 Å². The maximum Gasteiger partial charge on any atom is 0.289 e. The number of carbonyl (C=O) groups is 2. The Balaban J connectivity index is 1.46. The molecule has 3 rings (SSSR count). The third kappa shape index (κ3) is 5.84. The van der Waals surface area contributed by atoms with E-state index in [-0.39, 0.29) is 17.9 Å². The van der Waals surface area contributed by atoms with Crippen molar-refractivity contribution in [2.24, 2.45) is 0 Å². The molecule has 0 atom stereocenters. The molecule has 3 N–H and O–H groups in total. The Labute approximate surface area is 196 Å². The van der Waals surface area contributed by atoms with Gasteiger partial charge in [-0.2, -0.15) is 0 Å². The molecule has 0 aliphatic carbocycles. The summed E-state index contributed by atoms with van der Waals surface area (Å²) in [4.78, 5) is 26.2. The predicted molar refractivity (Wildman–Crippen MR) is 126 cm³/mol. The summed E-state index contributed by atoms with van der Waals surface area (Å²) in [5, 5.41) is 23.3. The summed E-state index contributed by atoms with van der Waals surface area (Å²) < 4.78 is 0. The lowest BCUT2D eigenvalue weighted by molar-refractivity contribution is -0.127. The van der Waals surface area contributed by atoms with Crippen LogP contribution in [0.4, 0.5) is 0 Å². The van der Waals surface area contributed by atoms with Gasteiger partial charge < -0.3 is 20.4 Å². The van der Waals surface area contributed by atoms with Crippen LogP contribution in [0.2, 0.25) is 10.0 Å². The lowest BCUT2D eigenvalue weighted by Gasteiger charge is -2.16. The molecule has 0 radical (unpaired) electrons. The summed E-state index contributed by atoms with van der Waals surface area (Å²) in [6.45, 7) is 4.29. The molecular formula is C24H24Cl2N2O4. The van der Waals surface area contributed by atoms with Gasteiger partial charge in [-0.25, -0.2) is 0 Å². The molecule has 32 heavy (non-hydrogen) atoms. The molecule has 0 fully saturated rings. The highest BCUT2D eigenvalue weighted by atomic mass is 35.5. The summed E-state index contributed by atoms with van der Waals surface area (Å²) in [6.07, 6.45) is 1.93. The number of aliphatic hydroxyl groups excluding tert-OH is 2. The van der Waals surface area contributed by atoms with Crippen molar-refractivity contribution < 1.29 is 19.8 Å². The SMILES string of the molecule is C=C(O)c1ccc(CCN2CC(C(=O)NCCCc3ccc(Cl)c(Cl)c3)=C(O)C2=O)cc1. The zero-order valence-corrected chi connectivity index (χ0v) is 18.9. The predicted octanol–water partition coefficient (Wildman–Crippen LogP) is 4.47. The van der Waals surface area contributed by atoms with Gasteiger partial charge in [0.1, 0.15) is 5.76 Å². The zero-order chi connectivity index (χ0) is 23.3. The Hall–Kier alpha value is -2.96. The molecule has 0 bridgehead atoms. The zero-order valence-electron chi connectivity index (χ0n) is 17.4. The van der Waals surface area contributed by atoms with Crippen LogP contribution < -0.4 is 5.32 Å². The van der Waals surface area contributed by atoms with E-state index in [9.17, 15) is 19.8 Å². The minimum absolute atomic E-state index is 0.00647. The van der Waals surface area contributed by atoms with Crippen molar-refractivity contribution in [3.05, 3.63) is 87.1 Å². The Morgan fingerprint density at radius 2 is 1.75 bits per heavy atom. The smallest absolute Gasteiger partial charge is 0.289 e. The van der Waals surface area contributed by atoms with Crippen molar-refractivity contribution in [3.8, 4) is 0 Å². The first-order valence-electron chi connectivity index (χ1n) is 10.2. The van der Waals surface area contributed by atoms with Gasteiger partial charge in [-0.1, -0.05) is 60.1 Å². The number of amides is 2. The third-order valence-corrected chi connectivity index (χ3v) is 6.01. The van der Waals surface area contributed by atoms with Crippen LogP contribution in [0.5, 0.6) is 0 Å². The van der Waals surface area contributed by atoms with Gasteiger partial charge in [-0.15, -0.1) is 0 Å². The van der Waals surface area contributed by atoms with E-state index in [4.69, 9.17) is 23.2 Å². The average molecular weight is 475 g/mol. The topological polar surface area (TPSA) is 89.9 Å². The van der Waals surface area contributed by atoms with Gasteiger partial charge in [-0.05, 0) is 42.5 Å². The quantitative estimate of drug-likeness (QED) is 0.369. The second kappa shape index (κ2) is 10.6. The molecule has 2 aromatic rings. The van der Waals surface area contributed by atoms with E-state index in [1.54, 1.807) is 24.3 Å². The molecule has 2 aromatic carbocycles. The largest absolute Gasteiger partial charge is 0.508 e. The van der Waals surface area contributed by atoms with Crippen LogP contribution >= 0.6 is 23.2 Å². The van der Waals surface area contributed by atoms with Gasteiger partial charge in [0.2, 0.25) is 0 Å². The molecule has 1 heterocycles. The second-order valence-electron chi connectivity index (χ2n) is 7.56. The van der Waals surface area contributed by atoms with E-state index < -0.39 is 17.6 Å². The number of hydrogen-bond acceptors (Lipinski definition) is 4. The molecule has 0 saturated carbocycles. The number of carbonyl (C=O) groups excluding carboxylic acids is 2. The normalized spacial score (nSPS) is 13.6. The Morgan fingerprint density at radius 3 is 2.41 bits per heavy atom. The highest BCUT2D eigenvalue weighted by Gasteiger charge is 2.33. The van der Waals surface area contributed by atoms with Crippen LogP contribution in [0.3, 0.4) is 0 Å². The molecule has 6 nitrogen and oxygen atoms in total. The van der Waals surface area contributed by atoms with Gasteiger partial charge in [0.05, 0.1) is 22.2 Å². The molecule has 0 unspecified atom stereocenters. The highest BCUT2D eigenvalue weighted by Crippen LogP contribution is 2.23. The van der Waals surface area contributed by atoms with Gasteiger partial charge in [-0.3, -0.25) is 9.59 Å². The molecule has 0 aromatic heterocycles. The first-order chi connectivity index (χ1) is 15.3. The molecule has 8 heteroatoms. The third-order valence-electron chi connectivity index (χ3n) is 5.27. The van der Waals surface area contributed by atoms with Crippen LogP contribution in [0.15, 0.2) is 60.4 Å². The summed E-state index contributed by atoms with van der Waals surface area (Å²) in [5.74, 6) is -1.50. The van der Waals surface area contributed by atoms with Crippen LogP contribution in [0.25, 0.3) is 5.76 Å². The molecule has 1 aliphatic rings. The fraction of sp³-hybridized carbons (Fsp3) is 0.250. The Bertz CT molecular complexity index is 1060. The van der Waals surface area contributed by atoms with E-state index >= 15 is 0 Å². The Kier molecular flexibility index (Phi) is 7.83. The number of nitrogens with zero attached hydrogens (tertiary/aromatic N) is 1. The molecule has 168 valence electrons. The summed E-state index contributed by atoms with van der Waals surface area (Å²) in [7, 11) is 0. The maximum absolute atomic E-state index is 12.5. The Morgan fingerprint density at radius 1 is 1.06 bits per heavy atom. The summed E-state index contributed by atoms with van der Waals surface area (Å²) in [5.41, 5.74) is 2.68. The number of halogens is 2. The van der Waals surface area contributed by atoms with Crippen LogP contribution in [-0.4, -0.2) is 46.6 Å². The number of benzene rings is 2. The minimum Gasteiger partial charge on any atom is -0.508 e. The first-order valence-corrected chi connectivity index (χ1v) is 10.9. The van der Waals surface area contributed by atoms with E-state index in [0.29, 0.717) is 48.0 Å². The number of hydrogen-bond donors (Lipinski definition) is 3. The number of aliphatic hydroxyl groups is 2. The maximum atomic E-state index is 12.5. The van der Waals surface area contributed by atoms with E-state index in [1.807, 2.05) is 18.2 Å². The van der Waals surface area contributed by atoms with Crippen LogP contribution in [-0.2, 0) is 22.4 Å². The molecule has 0 spiro atoms. The van der Waals surface area contributed by atoms with Crippen LogP contribution in [0, 0.1) is 0 Å². The van der Waals surface area contributed by atoms with Crippen molar-refractivity contribution >= 4 is 40.8 Å². The van der Waals surface area contributed by atoms with Crippen molar-refractivity contribution in [2.75, 3.05) is 19.6 Å². The lowest BCUT2D eigenvalue weighted by atomic mass is 10.1. The van der Waals surface area contributed by atoms with Crippen molar-refractivity contribution in [1.29, 1.82) is 0 Å². The average Bonchev–Trinajstić information content (AvgIpc) is 3.06. The van der Waals surface area contributed by atoms with Gasteiger partial charge in [0, 0.05) is 18.7 Å². The lowest BCUT2D eigenvalue weighted by Crippen LogP contribution is -2.32. The molecule has 1 aliphatic heterocycles. The van der Waals surface area contributed by atoms with E-state index in [2.05, 4.69) is 11.9 Å². The van der Waals surface area contributed by atoms with E-state index in [1.165, 1.54) is 4.90 Å². The van der Waals surface area contributed by atoms with Crippen molar-refractivity contribution in [2.45, 2.75) is 19.3 Å². The minimum atomic E-state index is -0.550. The van der Waals surface area contributed by atoms with Crippen LogP contribution in [0.1, 0.15) is 23.1 Å². The molecular weight excluding hydrogens is 451 g/mol. The van der Waals surface area contributed by atoms with Gasteiger partial charge >= 0.3 is 0 Å². The standard InChI is InChI=1S/C24H24Cl2N2O4/c1-15(29)18-7-4-16(5-8-18)10-12-28-14-19(22(30)24(28)32)23(31)27-11-2-3-17-6-9-20(25)21(26)13-17/h4-9,13,29-30H,1-3,10-12,14H2,(H,27,31). The summed E-state index contributed by atoms with van der Waals surface area (Å²) >= 11 is 11.9. The molecule has 0 saturated heterocycles. The van der Waals surface area contributed by atoms with Crippen molar-refractivity contribution in [3.63, 3.8) is 0 Å². The van der Waals surface area contributed by atoms with Crippen molar-refractivity contribution in [1.82, 2.24) is 10.2 Å². The van der Waals surface area contributed by atoms with E-state index in [0.717, 1.165) is 11.1 Å². The monoisotopic (exact) mass is 474 g/mol. The number of rotatable bonds is 9. The fourth-order valence-electron chi connectivity index (χ4n) is 3.40. The number of aryl methyl sites for hydroxylation is 1. The number of nitrogens with one attached hydrogen (secondary N) is 1. The van der Waals surface area contributed by atoms with Gasteiger partial charge in [0.25, 0.3) is 11.8 Å². The summed E-state index contributed by atoms with van der Waals surface area (Å²) in [6, 6.07) is 12.6. The fourth-order valence-corrected chi connectivity index (χ4v) is 3.72. The first kappa shape index (κ1) is 23.7.